The zero-order valence-corrected chi connectivity index (χ0v) is 12.9. The van der Waals surface area contributed by atoms with E-state index in [4.69, 9.17) is 9.47 Å². The maximum absolute atomic E-state index is 11.3. The first-order valence-corrected chi connectivity index (χ1v) is 7.29. The van der Waals surface area contributed by atoms with E-state index in [0.29, 0.717) is 19.8 Å². The number of β-amino-alcohol motifs (C(OH)–C–C–N with tert-alkyl or cyclic N) is 1. The van der Waals surface area contributed by atoms with Crippen molar-refractivity contribution >= 4 is 5.91 Å². The Labute approximate surface area is 121 Å². The van der Waals surface area contributed by atoms with Gasteiger partial charge in [-0.2, -0.15) is 0 Å². The molecule has 1 saturated heterocycles. The minimum Gasteiger partial charge on any atom is -0.389 e. The number of carbonyl (C=O) groups excluding carboxylic acids is 1. The number of rotatable bonds is 7. The van der Waals surface area contributed by atoms with Crippen LogP contribution in [0, 0.1) is 0 Å². The van der Waals surface area contributed by atoms with Gasteiger partial charge in [0, 0.05) is 40.2 Å². The van der Waals surface area contributed by atoms with Crippen molar-refractivity contribution in [1.82, 2.24) is 9.80 Å². The lowest BCUT2D eigenvalue weighted by Gasteiger charge is -2.24. The summed E-state index contributed by atoms with van der Waals surface area (Å²) >= 11 is 0. The highest BCUT2D eigenvalue weighted by atomic mass is 16.5. The van der Waals surface area contributed by atoms with Crippen molar-refractivity contribution in [3.8, 4) is 0 Å². The van der Waals surface area contributed by atoms with E-state index in [2.05, 4.69) is 4.90 Å². The third-order valence-corrected chi connectivity index (χ3v) is 3.48. The van der Waals surface area contributed by atoms with Crippen LogP contribution in [-0.4, -0.2) is 86.1 Å². The van der Waals surface area contributed by atoms with Crippen LogP contribution in [0.1, 0.15) is 20.3 Å². The smallest absolute Gasteiger partial charge is 0.219 e. The first-order valence-electron chi connectivity index (χ1n) is 7.29. The molecule has 6 heteroatoms. The Kier molecular flexibility index (Phi) is 8.06. The summed E-state index contributed by atoms with van der Waals surface area (Å²) in [5.41, 5.74) is 0. The number of nitrogens with zero attached hydrogens (tertiary/aromatic N) is 2. The van der Waals surface area contributed by atoms with Gasteiger partial charge < -0.3 is 19.5 Å². The summed E-state index contributed by atoms with van der Waals surface area (Å²) < 4.78 is 10.5. The van der Waals surface area contributed by atoms with Crippen LogP contribution in [0.15, 0.2) is 0 Å². The molecular weight excluding hydrogens is 260 g/mol. The van der Waals surface area contributed by atoms with Gasteiger partial charge in [0.05, 0.1) is 25.4 Å². The molecule has 1 amide bonds. The zero-order chi connectivity index (χ0) is 15.0. The molecule has 118 valence electrons. The van der Waals surface area contributed by atoms with Crippen LogP contribution in [0.4, 0.5) is 0 Å². The molecule has 1 aliphatic heterocycles. The van der Waals surface area contributed by atoms with Crippen molar-refractivity contribution in [2.45, 2.75) is 32.5 Å². The number of aliphatic hydroxyl groups is 1. The third kappa shape index (κ3) is 6.65. The summed E-state index contributed by atoms with van der Waals surface area (Å²) in [6.45, 7) is 8.24. The molecule has 6 nitrogen and oxygen atoms in total. The lowest BCUT2D eigenvalue weighted by molar-refractivity contribution is -0.128. The highest BCUT2D eigenvalue weighted by molar-refractivity contribution is 5.73. The molecule has 2 atom stereocenters. The molecule has 0 aromatic heterocycles. The van der Waals surface area contributed by atoms with Crippen molar-refractivity contribution in [1.29, 1.82) is 0 Å². The van der Waals surface area contributed by atoms with E-state index in [1.165, 1.54) is 0 Å². The minimum atomic E-state index is -0.502. The average Bonchev–Trinajstić information content (AvgIpc) is 2.62. The van der Waals surface area contributed by atoms with Crippen LogP contribution in [0.25, 0.3) is 0 Å². The van der Waals surface area contributed by atoms with E-state index in [9.17, 15) is 9.90 Å². The van der Waals surface area contributed by atoms with Crippen LogP contribution in [0.3, 0.4) is 0 Å². The Balaban J connectivity index is 2.24. The number of carbonyl (C=O) groups is 1. The quantitative estimate of drug-likeness (QED) is 0.712. The van der Waals surface area contributed by atoms with E-state index in [0.717, 1.165) is 32.6 Å². The SMILES string of the molecule is COCC(C)OCC(O)CN1CCCN(C(C)=O)CC1. The van der Waals surface area contributed by atoms with E-state index < -0.39 is 6.10 Å². The normalized spacial score (nSPS) is 20.5. The van der Waals surface area contributed by atoms with Crippen LogP contribution < -0.4 is 0 Å². The third-order valence-electron chi connectivity index (χ3n) is 3.48. The molecule has 1 N–H and O–H groups in total. The second kappa shape index (κ2) is 9.28. The number of methoxy groups -OCH3 is 1. The Hall–Kier alpha value is -0.690. The minimum absolute atomic E-state index is 0.00742. The maximum Gasteiger partial charge on any atom is 0.219 e. The molecule has 0 radical (unpaired) electrons. The summed E-state index contributed by atoms with van der Waals surface area (Å²) in [6.07, 6.45) is 0.443. The van der Waals surface area contributed by atoms with Gasteiger partial charge in [-0.05, 0) is 19.9 Å². The summed E-state index contributed by atoms with van der Waals surface area (Å²) in [5.74, 6) is 0.129. The van der Waals surface area contributed by atoms with Crippen molar-refractivity contribution in [3.63, 3.8) is 0 Å². The first-order chi connectivity index (χ1) is 9.52. The van der Waals surface area contributed by atoms with Crippen molar-refractivity contribution in [2.24, 2.45) is 0 Å². The number of amides is 1. The highest BCUT2D eigenvalue weighted by Gasteiger charge is 2.19. The van der Waals surface area contributed by atoms with E-state index in [1.54, 1.807) is 14.0 Å². The highest BCUT2D eigenvalue weighted by Crippen LogP contribution is 2.05. The number of hydrogen-bond donors (Lipinski definition) is 1. The molecule has 1 rings (SSSR count). The standard InChI is InChI=1S/C14H28N2O4/c1-12(10-19-3)20-11-14(18)9-15-5-4-6-16(8-7-15)13(2)17/h12,14,18H,4-11H2,1-3H3. The second-order valence-corrected chi connectivity index (χ2v) is 5.41. The van der Waals surface area contributed by atoms with Crippen LogP contribution in [0.5, 0.6) is 0 Å². The van der Waals surface area contributed by atoms with E-state index >= 15 is 0 Å². The Morgan fingerprint density at radius 3 is 2.65 bits per heavy atom. The van der Waals surface area contributed by atoms with Gasteiger partial charge in [0.15, 0.2) is 0 Å². The molecule has 2 unspecified atom stereocenters. The van der Waals surface area contributed by atoms with Gasteiger partial charge in [-0.25, -0.2) is 0 Å². The molecular formula is C14H28N2O4. The maximum atomic E-state index is 11.3. The van der Waals surface area contributed by atoms with Crippen molar-refractivity contribution in [2.75, 3.05) is 53.0 Å². The van der Waals surface area contributed by atoms with E-state index in [-0.39, 0.29) is 12.0 Å². The van der Waals surface area contributed by atoms with Crippen molar-refractivity contribution in [3.05, 3.63) is 0 Å². The first kappa shape index (κ1) is 17.4. The van der Waals surface area contributed by atoms with Gasteiger partial charge in [-0.1, -0.05) is 0 Å². The molecule has 1 aliphatic rings. The fourth-order valence-electron chi connectivity index (χ4n) is 2.38. The van der Waals surface area contributed by atoms with Gasteiger partial charge >= 0.3 is 0 Å². The van der Waals surface area contributed by atoms with Crippen LogP contribution in [-0.2, 0) is 14.3 Å². The molecule has 0 aromatic carbocycles. The lowest BCUT2D eigenvalue weighted by Crippen LogP contribution is -2.39. The second-order valence-electron chi connectivity index (χ2n) is 5.41. The van der Waals surface area contributed by atoms with Crippen molar-refractivity contribution < 1.29 is 19.4 Å². The zero-order valence-electron chi connectivity index (χ0n) is 12.9. The predicted molar refractivity (Wildman–Crippen MR) is 76.6 cm³/mol. The number of aliphatic hydroxyl groups excluding tert-OH is 1. The Morgan fingerprint density at radius 2 is 2.00 bits per heavy atom. The summed E-state index contributed by atoms with van der Waals surface area (Å²) in [7, 11) is 1.63. The number of hydrogen-bond acceptors (Lipinski definition) is 5. The average molecular weight is 288 g/mol. The Morgan fingerprint density at radius 1 is 1.25 bits per heavy atom. The largest absolute Gasteiger partial charge is 0.389 e. The summed E-state index contributed by atoms with van der Waals surface area (Å²) in [5, 5.41) is 10.00. The molecule has 20 heavy (non-hydrogen) atoms. The topological polar surface area (TPSA) is 62.2 Å². The molecule has 0 spiro atoms. The fourth-order valence-corrected chi connectivity index (χ4v) is 2.38. The summed E-state index contributed by atoms with van der Waals surface area (Å²) in [6, 6.07) is 0. The molecule has 0 aliphatic carbocycles. The lowest BCUT2D eigenvalue weighted by atomic mass is 10.3. The molecule has 1 fully saturated rings. The monoisotopic (exact) mass is 288 g/mol. The molecule has 1 heterocycles. The molecule has 0 saturated carbocycles. The van der Waals surface area contributed by atoms with Crippen LogP contribution >= 0.6 is 0 Å². The van der Waals surface area contributed by atoms with Gasteiger partial charge in [-0.3, -0.25) is 9.69 Å². The Bertz CT molecular complexity index is 288. The van der Waals surface area contributed by atoms with Gasteiger partial charge in [-0.15, -0.1) is 0 Å². The predicted octanol–water partition coefficient (Wildman–Crippen LogP) is -0.0470. The van der Waals surface area contributed by atoms with Gasteiger partial charge in [0.1, 0.15) is 0 Å². The van der Waals surface area contributed by atoms with E-state index in [1.807, 2.05) is 11.8 Å². The molecule has 0 aromatic rings. The van der Waals surface area contributed by atoms with Gasteiger partial charge in [0.2, 0.25) is 5.91 Å². The molecule has 0 bridgehead atoms. The van der Waals surface area contributed by atoms with Gasteiger partial charge in [0.25, 0.3) is 0 Å². The van der Waals surface area contributed by atoms with Crippen LogP contribution in [0.2, 0.25) is 0 Å². The number of ether oxygens (including phenoxy) is 2. The fraction of sp³-hybridized carbons (Fsp3) is 0.929. The summed E-state index contributed by atoms with van der Waals surface area (Å²) in [4.78, 5) is 15.4.